The highest BCUT2D eigenvalue weighted by molar-refractivity contribution is 7.88. The molecule has 10 heteroatoms. The predicted molar refractivity (Wildman–Crippen MR) is 151 cm³/mol. The molecule has 4 unspecified atom stereocenters. The molecule has 39 heavy (non-hydrogen) atoms. The summed E-state index contributed by atoms with van der Waals surface area (Å²) < 4.78 is 32.9. The van der Waals surface area contributed by atoms with Crippen molar-refractivity contribution in [1.82, 2.24) is 19.5 Å². The summed E-state index contributed by atoms with van der Waals surface area (Å²) in [6.45, 7) is 8.24. The summed E-state index contributed by atoms with van der Waals surface area (Å²) in [7, 11) is -3.47. The molecule has 0 radical (unpaired) electrons. The lowest BCUT2D eigenvalue weighted by atomic mass is 9.83. The van der Waals surface area contributed by atoms with Gasteiger partial charge in [0.25, 0.3) is 0 Å². The molecule has 0 spiro atoms. The Labute approximate surface area is 231 Å². The minimum Gasteiger partial charge on any atom is -0.444 e. The van der Waals surface area contributed by atoms with Crippen molar-refractivity contribution in [2.24, 2.45) is 5.92 Å². The average molecular weight is 559 g/mol. The number of aryl methyl sites for hydroxylation is 1. The Hall–Kier alpha value is -2.59. The Morgan fingerprint density at radius 2 is 1.85 bits per heavy atom. The van der Waals surface area contributed by atoms with E-state index >= 15 is 0 Å². The van der Waals surface area contributed by atoms with Gasteiger partial charge in [0.2, 0.25) is 15.9 Å². The number of ether oxygens (including phenoxy) is 1. The van der Waals surface area contributed by atoms with Gasteiger partial charge < -0.3 is 19.9 Å². The SMILES string of the molecule is Cc1ccc2c(C3CN(S(C)(=O)=O)C4CCN(C(=O)C(NC(=O)OC(C)(C)C)C5CCCCC5)C34)c[nH]c2c1. The van der Waals surface area contributed by atoms with Gasteiger partial charge in [0.05, 0.1) is 12.3 Å². The number of hydrogen-bond donors (Lipinski definition) is 2. The molecule has 2 N–H and O–H groups in total. The maximum Gasteiger partial charge on any atom is 0.408 e. The van der Waals surface area contributed by atoms with Crippen molar-refractivity contribution in [3.05, 3.63) is 35.5 Å². The Balaban J connectivity index is 1.49. The van der Waals surface area contributed by atoms with E-state index in [2.05, 4.69) is 28.5 Å². The van der Waals surface area contributed by atoms with Crippen molar-refractivity contribution in [2.45, 2.75) is 95.9 Å². The van der Waals surface area contributed by atoms with Gasteiger partial charge in [-0.25, -0.2) is 13.2 Å². The molecule has 1 aromatic carbocycles. The maximum atomic E-state index is 14.3. The standard InChI is InChI=1S/C29H42N4O5S/c1-18-11-12-20-21(16-30-23(20)15-18)22-17-33(39(5,36)37)24-13-14-32(26(22)24)27(34)25(19-9-7-6-8-10-19)31-28(35)38-29(2,3)4/h11-12,15-16,19,22,24-26,30H,6-10,13-14,17H2,1-5H3,(H,31,35). The molecule has 9 nitrogen and oxygen atoms in total. The number of rotatable bonds is 5. The first kappa shape index (κ1) is 28.0. The first-order chi connectivity index (χ1) is 18.3. The first-order valence-electron chi connectivity index (χ1n) is 14.2. The van der Waals surface area contributed by atoms with Crippen molar-refractivity contribution in [3.63, 3.8) is 0 Å². The molecule has 3 fully saturated rings. The third kappa shape index (κ3) is 5.68. The van der Waals surface area contributed by atoms with Crippen LogP contribution in [0.1, 0.15) is 76.3 Å². The number of alkyl carbamates (subject to hydrolysis) is 1. The quantitative estimate of drug-likeness (QED) is 0.569. The Kier molecular flexibility index (Phi) is 7.47. The Morgan fingerprint density at radius 1 is 1.13 bits per heavy atom. The second-order valence-electron chi connectivity index (χ2n) is 12.6. The monoisotopic (exact) mass is 558 g/mol. The van der Waals surface area contributed by atoms with E-state index in [4.69, 9.17) is 4.74 Å². The molecule has 5 rings (SSSR count). The molecule has 1 aromatic heterocycles. The van der Waals surface area contributed by atoms with Gasteiger partial charge >= 0.3 is 6.09 Å². The van der Waals surface area contributed by atoms with Crippen LogP contribution in [0.2, 0.25) is 0 Å². The number of carbonyl (C=O) groups is 2. The van der Waals surface area contributed by atoms with Crippen LogP contribution in [0.5, 0.6) is 0 Å². The minimum absolute atomic E-state index is 0.0275. The number of aromatic amines is 1. The number of carbonyl (C=O) groups excluding carboxylic acids is 2. The average Bonchev–Trinajstić information content (AvgIpc) is 3.55. The van der Waals surface area contributed by atoms with Gasteiger partial charge in [-0.1, -0.05) is 31.4 Å². The fourth-order valence-electron chi connectivity index (χ4n) is 6.99. The minimum atomic E-state index is -3.47. The van der Waals surface area contributed by atoms with Gasteiger partial charge in [0.1, 0.15) is 11.6 Å². The number of aromatic nitrogens is 1. The summed E-state index contributed by atoms with van der Waals surface area (Å²) in [6, 6.07) is 4.92. The third-order valence-electron chi connectivity index (χ3n) is 8.62. The summed E-state index contributed by atoms with van der Waals surface area (Å²) in [5, 5.41) is 3.99. The number of H-pyrrole nitrogens is 1. The van der Waals surface area contributed by atoms with E-state index in [0.29, 0.717) is 19.5 Å². The van der Waals surface area contributed by atoms with Crippen LogP contribution in [0.4, 0.5) is 4.79 Å². The van der Waals surface area contributed by atoms with Gasteiger partial charge in [0, 0.05) is 42.1 Å². The number of nitrogens with one attached hydrogen (secondary N) is 2. The molecule has 3 heterocycles. The first-order valence-corrected chi connectivity index (χ1v) is 16.0. The zero-order valence-corrected chi connectivity index (χ0v) is 24.5. The lowest BCUT2D eigenvalue weighted by Gasteiger charge is -2.36. The molecule has 1 aliphatic carbocycles. The lowest BCUT2D eigenvalue weighted by Crippen LogP contribution is -2.55. The largest absolute Gasteiger partial charge is 0.444 e. The van der Waals surface area contributed by atoms with Crippen LogP contribution in [0.25, 0.3) is 10.9 Å². The number of hydrogen-bond acceptors (Lipinski definition) is 5. The Bertz CT molecular complexity index is 1340. The fraction of sp³-hybridized carbons (Fsp3) is 0.655. The molecule has 2 amide bonds. The van der Waals surface area contributed by atoms with Gasteiger partial charge in [0.15, 0.2) is 0 Å². The number of fused-ring (bicyclic) bond motifs is 2. The molecule has 4 atom stereocenters. The highest BCUT2D eigenvalue weighted by Gasteiger charge is 2.55. The molecule has 1 saturated carbocycles. The van der Waals surface area contributed by atoms with Crippen LogP contribution in [-0.4, -0.2) is 77.7 Å². The van der Waals surface area contributed by atoms with E-state index in [0.717, 1.165) is 54.1 Å². The smallest absolute Gasteiger partial charge is 0.408 e. The number of benzene rings is 1. The molecule has 214 valence electrons. The molecule has 2 saturated heterocycles. The summed E-state index contributed by atoms with van der Waals surface area (Å²) in [6.07, 6.45) is 8.12. The molecular weight excluding hydrogens is 516 g/mol. The van der Waals surface area contributed by atoms with Crippen LogP contribution < -0.4 is 5.32 Å². The van der Waals surface area contributed by atoms with Crippen LogP contribution in [-0.2, 0) is 19.6 Å². The van der Waals surface area contributed by atoms with Crippen LogP contribution >= 0.6 is 0 Å². The number of sulfonamides is 1. The van der Waals surface area contributed by atoms with Crippen molar-refractivity contribution in [3.8, 4) is 0 Å². The van der Waals surface area contributed by atoms with Gasteiger partial charge in [-0.05, 0) is 70.1 Å². The van der Waals surface area contributed by atoms with E-state index in [9.17, 15) is 18.0 Å². The topological polar surface area (TPSA) is 112 Å². The summed E-state index contributed by atoms with van der Waals surface area (Å²) in [5.74, 6) is -0.280. The van der Waals surface area contributed by atoms with E-state index in [1.165, 1.54) is 6.26 Å². The molecule has 2 aromatic rings. The number of nitrogens with zero attached hydrogens (tertiary/aromatic N) is 2. The number of amides is 2. The maximum absolute atomic E-state index is 14.3. The van der Waals surface area contributed by atoms with Crippen molar-refractivity contribution in [2.75, 3.05) is 19.3 Å². The molecule has 3 aliphatic rings. The van der Waals surface area contributed by atoms with Gasteiger partial charge in [-0.2, -0.15) is 4.31 Å². The molecule has 0 bridgehead atoms. The third-order valence-corrected chi connectivity index (χ3v) is 9.89. The highest BCUT2D eigenvalue weighted by Crippen LogP contribution is 2.44. The normalized spacial score (nSPS) is 25.6. The number of likely N-dealkylation sites (tertiary alicyclic amines) is 1. The van der Waals surface area contributed by atoms with Gasteiger partial charge in [-0.3, -0.25) is 4.79 Å². The molecular formula is C29H42N4O5S. The zero-order valence-electron chi connectivity index (χ0n) is 23.7. The summed E-state index contributed by atoms with van der Waals surface area (Å²) >= 11 is 0. The van der Waals surface area contributed by atoms with E-state index in [-0.39, 0.29) is 29.8 Å². The van der Waals surface area contributed by atoms with E-state index < -0.39 is 27.8 Å². The fourth-order valence-corrected chi connectivity index (χ4v) is 8.14. The molecule has 2 aliphatic heterocycles. The second kappa shape index (κ2) is 10.4. The van der Waals surface area contributed by atoms with Crippen LogP contribution in [0, 0.1) is 12.8 Å². The van der Waals surface area contributed by atoms with Crippen molar-refractivity contribution >= 4 is 32.9 Å². The van der Waals surface area contributed by atoms with Crippen molar-refractivity contribution < 1.29 is 22.7 Å². The zero-order chi connectivity index (χ0) is 28.1. The lowest BCUT2D eigenvalue weighted by molar-refractivity contribution is -0.136. The predicted octanol–water partition coefficient (Wildman–Crippen LogP) is 4.28. The summed E-state index contributed by atoms with van der Waals surface area (Å²) in [5.41, 5.74) is 2.49. The highest BCUT2D eigenvalue weighted by atomic mass is 32.2. The Morgan fingerprint density at radius 3 is 2.51 bits per heavy atom. The van der Waals surface area contributed by atoms with Gasteiger partial charge in [-0.15, -0.1) is 0 Å². The van der Waals surface area contributed by atoms with E-state index in [1.807, 2.05) is 18.0 Å². The second-order valence-corrected chi connectivity index (χ2v) is 14.6. The van der Waals surface area contributed by atoms with Crippen LogP contribution in [0.3, 0.4) is 0 Å². The van der Waals surface area contributed by atoms with Crippen LogP contribution in [0.15, 0.2) is 24.4 Å². The van der Waals surface area contributed by atoms with E-state index in [1.54, 1.807) is 25.1 Å². The van der Waals surface area contributed by atoms with Crippen molar-refractivity contribution in [1.29, 1.82) is 0 Å². The summed E-state index contributed by atoms with van der Waals surface area (Å²) in [4.78, 5) is 32.4.